The molecule has 0 fully saturated rings. The lowest BCUT2D eigenvalue weighted by Crippen LogP contribution is -2.08. The fourth-order valence-corrected chi connectivity index (χ4v) is 1.27. The molecule has 0 aliphatic rings. The van der Waals surface area contributed by atoms with Crippen LogP contribution in [-0.2, 0) is 0 Å². The van der Waals surface area contributed by atoms with Gasteiger partial charge in [0.05, 0.1) is 6.10 Å². The maximum atomic E-state index is 13.9. The lowest BCUT2D eigenvalue weighted by Gasteiger charge is -2.14. The van der Waals surface area contributed by atoms with Gasteiger partial charge in [-0.05, 0) is 19.9 Å². The van der Waals surface area contributed by atoms with Gasteiger partial charge in [0.25, 0.3) is 0 Å². The summed E-state index contributed by atoms with van der Waals surface area (Å²) in [5.74, 6) is 0.786. The Kier molecular flexibility index (Phi) is 3.89. The average Bonchev–Trinajstić information content (AvgIpc) is 2.19. The van der Waals surface area contributed by atoms with Gasteiger partial charge in [0.1, 0.15) is 0 Å². The van der Waals surface area contributed by atoms with Crippen molar-refractivity contribution in [3.63, 3.8) is 0 Å². The van der Waals surface area contributed by atoms with Crippen LogP contribution in [0.4, 0.5) is 4.39 Å². The summed E-state index contributed by atoms with van der Waals surface area (Å²) < 4.78 is 19.2. The Morgan fingerprint density at radius 1 is 1.47 bits per heavy atom. The minimum atomic E-state index is -0.316. The van der Waals surface area contributed by atoms with Crippen LogP contribution in [0.5, 0.6) is 5.75 Å². The van der Waals surface area contributed by atoms with E-state index in [0.717, 1.165) is 5.92 Å². The van der Waals surface area contributed by atoms with Crippen LogP contribution >= 0.6 is 0 Å². The lowest BCUT2D eigenvalue weighted by molar-refractivity contribution is 0.231. The molecule has 0 N–H and O–H groups in total. The van der Waals surface area contributed by atoms with Crippen LogP contribution in [-0.4, -0.2) is 6.10 Å². The summed E-state index contributed by atoms with van der Waals surface area (Å²) in [6.07, 6.45) is 1.61. The SMILES string of the molecule is C=C[C](C)c1cccc(OC(C)C)c1F. The topological polar surface area (TPSA) is 9.23 Å². The molecule has 0 aromatic heterocycles. The first kappa shape index (κ1) is 11.8. The number of ether oxygens (including phenoxy) is 1. The fourth-order valence-electron chi connectivity index (χ4n) is 1.27. The predicted octanol–water partition coefficient (Wildman–Crippen LogP) is 3.74. The Bertz CT molecular complexity index is 344. The van der Waals surface area contributed by atoms with E-state index in [4.69, 9.17) is 4.74 Å². The Balaban J connectivity index is 3.05. The molecule has 15 heavy (non-hydrogen) atoms. The van der Waals surface area contributed by atoms with E-state index in [1.807, 2.05) is 20.8 Å². The zero-order valence-electron chi connectivity index (χ0n) is 9.38. The van der Waals surface area contributed by atoms with Gasteiger partial charge in [0, 0.05) is 11.5 Å². The van der Waals surface area contributed by atoms with Crippen molar-refractivity contribution in [3.8, 4) is 5.75 Å². The van der Waals surface area contributed by atoms with E-state index < -0.39 is 0 Å². The third-order valence-electron chi connectivity index (χ3n) is 2.06. The molecule has 1 aromatic carbocycles. The zero-order valence-corrected chi connectivity index (χ0v) is 9.38. The minimum Gasteiger partial charge on any atom is -0.488 e. The molecule has 1 aromatic rings. The van der Waals surface area contributed by atoms with E-state index in [0.29, 0.717) is 11.3 Å². The first-order valence-corrected chi connectivity index (χ1v) is 4.97. The van der Waals surface area contributed by atoms with Gasteiger partial charge >= 0.3 is 0 Å². The van der Waals surface area contributed by atoms with Crippen LogP contribution in [0.3, 0.4) is 0 Å². The maximum absolute atomic E-state index is 13.9. The molecule has 1 rings (SSSR count). The first-order valence-electron chi connectivity index (χ1n) is 4.97. The van der Waals surface area contributed by atoms with Crippen LogP contribution in [0.25, 0.3) is 0 Å². The summed E-state index contributed by atoms with van der Waals surface area (Å²) in [6, 6.07) is 5.14. The van der Waals surface area contributed by atoms with Gasteiger partial charge in [-0.3, -0.25) is 0 Å². The molecule has 2 heteroatoms. The van der Waals surface area contributed by atoms with Crippen molar-refractivity contribution in [2.24, 2.45) is 0 Å². The van der Waals surface area contributed by atoms with E-state index >= 15 is 0 Å². The summed E-state index contributed by atoms with van der Waals surface area (Å²) in [7, 11) is 0. The van der Waals surface area contributed by atoms with Gasteiger partial charge in [-0.25, -0.2) is 4.39 Å². The molecule has 1 nitrogen and oxygen atoms in total. The van der Waals surface area contributed by atoms with Crippen molar-refractivity contribution in [1.29, 1.82) is 0 Å². The highest BCUT2D eigenvalue weighted by atomic mass is 19.1. The second kappa shape index (κ2) is 4.96. The Morgan fingerprint density at radius 2 is 2.13 bits per heavy atom. The summed E-state index contributed by atoms with van der Waals surface area (Å²) in [5, 5.41) is 0. The third-order valence-corrected chi connectivity index (χ3v) is 2.06. The maximum Gasteiger partial charge on any atom is 0.169 e. The van der Waals surface area contributed by atoms with Gasteiger partial charge in [0.2, 0.25) is 0 Å². The number of hydrogen-bond acceptors (Lipinski definition) is 1. The molecule has 0 spiro atoms. The van der Waals surface area contributed by atoms with Crippen LogP contribution in [0.15, 0.2) is 30.9 Å². The number of allylic oxidation sites excluding steroid dienone is 1. The van der Waals surface area contributed by atoms with Crippen molar-refractivity contribution >= 4 is 0 Å². The number of rotatable bonds is 4. The molecular formula is C13H16FO. The normalized spacial score (nSPS) is 10.8. The van der Waals surface area contributed by atoms with Crippen molar-refractivity contribution in [2.75, 3.05) is 0 Å². The molecule has 0 saturated heterocycles. The van der Waals surface area contributed by atoms with Crippen molar-refractivity contribution < 1.29 is 9.13 Å². The molecule has 0 aliphatic carbocycles. The molecule has 0 bridgehead atoms. The van der Waals surface area contributed by atoms with E-state index in [-0.39, 0.29) is 11.9 Å². The van der Waals surface area contributed by atoms with Gasteiger partial charge in [-0.2, -0.15) is 0 Å². The van der Waals surface area contributed by atoms with Crippen molar-refractivity contribution in [3.05, 3.63) is 48.2 Å². The van der Waals surface area contributed by atoms with E-state index in [9.17, 15) is 4.39 Å². The number of benzene rings is 1. The Morgan fingerprint density at radius 3 is 2.67 bits per heavy atom. The lowest BCUT2D eigenvalue weighted by atomic mass is 10.0. The van der Waals surface area contributed by atoms with Crippen LogP contribution in [0.2, 0.25) is 0 Å². The molecule has 0 amide bonds. The van der Waals surface area contributed by atoms with Crippen molar-refractivity contribution in [2.45, 2.75) is 26.9 Å². The molecule has 0 atom stereocenters. The van der Waals surface area contributed by atoms with E-state index in [1.165, 1.54) is 0 Å². The van der Waals surface area contributed by atoms with Crippen LogP contribution in [0, 0.1) is 11.7 Å². The summed E-state index contributed by atoms with van der Waals surface area (Å²) >= 11 is 0. The average molecular weight is 207 g/mol. The van der Waals surface area contributed by atoms with E-state index in [2.05, 4.69) is 6.58 Å². The second-order valence-corrected chi connectivity index (χ2v) is 3.67. The highest BCUT2D eigenvalue weighted by Crippen LogP contribution is 2.26. The quantitative estimate of drug-likeness (QED) is 0.730. The number of hydrogen-bond donors (Lipinski definition) is 0. The Labute approximate surface area is 90.6 Å². The largest absolute Gasteiger partial charge is 0.488 e. The molecule has 1 radical (unpaired) electrons. The standard InChI is InChI=1S/C13H16FO/c1-5-10(4)11-7-6-8-12(13(11)14)15-9(2)3/h5-9H,1H2,2-4H3. The molecule has 0 aliphatic heterocycles. The molecule has 0 unspecified atom stereocenters. The molecular weight excluding hydrogens is 191 g/mol. The van der Waals surface area contributed by atoms with Crippen LogP contribution < -0.4 is 4.74 Å². The highest BCUT2D eigenvalue weighted by Gasteiger charge is 2.13. The minimum absolute atomic E-state index is 0.0289. The summed E-state index contributed by atoms with van der Waals surface area (Å²) in [5.41, 5.74) is 0.545. The van der Waals surface area contributed by atoms with Crippen molar-refractivity contribution in [1.82, 2.24) is 0 Å². The summed E-state index contributed by atoms with van der Waals surface area (Å²) in [4.78, 5) is 0. The molecule has 0 heterocycles. The predicted molar refractivity (Wildman–Crippen MR) is 60.4 cm³/mol. The third kappa shape index (κ3) is 2.82. The smallest absolute Gasteiger partial charge is 0.169 e. The van der Waals surface area contributed by atoms with Gasteiger partial charge in [-0.1, -0.05) is 25.1 Å². The van der Waals surface area contributed by atoms with Gasteiger partial charge in [-0.15, -0.1) is 6.58 Å². The second-order valence-electron chi connectivity index (χ2n) is 3.67. The van der Waals surface area contributed by atoms with Gasteiger partial charge in [0.15, 0.2) is 11.6 Å². The number of halogens is 1. The first-order chi connectivity index (χ1) is 7.06. The summed E-state index contributed by atoms with van der Waals surface area (Å²) in [6.45, 7) is 9.19. The van der Waals surface area contributed by atoms with Gasteiger partial charge < -0.3 is 4.74 Å². The Hall–Kier alpha value is -1.31. The van der Waals surface area contributed by atoms with E-state index in [1.54, 1.807) is 24.3 Å². The zero-order chi connectivity index (χ0) is 11.4. The molecule has 0 saturated carbocycles. The monoisotopic (exact) mass is 207 g/mol. The van der Waals surface area contributed by atoms with Crippen LogP contribution in [0.1, 0.15) is 26.3 Å². The molecule has 81 valence electrons. The fraction of sp³-hybridized carbons (Fsp3) is 0.308. The highest BCUT2D eigenvalue weighted by molar-refractivity contribution is 5.42.